The third-order valence-corrected chi connectivity index (χ3v) is 6.00. The molecule has 1 aliphatic rings. The van der Waals surface area contributed by atoms with E-state index in [1.165, 1.54) is 0 Å². The third kappa shape index (κ3) is 4.74. The highest BCUT2D eigenvalue weighted by molar-refractivity contribution is 6.31. The number of nitrogens with one attached hydrogen (secondary N) is 1. The van der Waals surface area contributed by atoms with Crippen molar-refractivity contribution in [1.29, 1.82) is 0 Å². The van der Waals surface area contributed by atoms with Gasteiger partial charge in [-0.15, -0.1) is 0 Å². The molecule has 0 bridgehead atoms. The van der Waals surface area contributed by atoms with Gasteiger partial charge in [0.25, 0.3) is 11.8 Å². The molecule has 0 aliphatic carbocycles. The van der Waals surface area contributed by atoms with E-state index in [0.717, 1.165) is 11.1 Å². The maximum absolute atomic E-state index is 13.0. The van der Waals surface area contributed by atoms with E-state index in [2.05, 4.69) is 5.32 Å². The van der Waals surface area contributed by atoms with Gasteiger partial charge in [0, 0.05) is 15.6 Å². The van der Waals surface area contributed by atoms with Gasteiger partial charge in [-0.2, -0.15) is 0 Å². The van der Waals surface area contributed by atoms with Gasteiger partial charge in [-0.25, -0.2) is 0 Å². The van der Waals surface area contributed by atoms with E-state index in [0.29, 0.717) is 34.4 Å². The van der Waals surface area contributed by atoms with Crippen LogP contribution < -0.4 is 10.1 Å². The summed E-state index contributed by atoms with van der Waals surface area (Å²) in [6.45, 7) is 2.45. The number of nitrogens with zero attached hydrogens (tertiary/aromatic N) is 1. The second-order valence-electron chi connectivity index (χ2n) is 7.86. The van der Waals surface area contributed by atoms with Crippen molar-refractivity contribution in [3.8, 4) is 5.75 Å². The smallest absolute Gasteiger partial charge is 0.258 e. The number of hydrogen-bond donors (Lipinski definition) is 1. The molecule has 164 valence electrons. The highest BCUT2D eigenvalue weighted by Gasteiger charge is 2.47. The van der Waals surface area contributed by atoms with Gasteiger partial charge in [-0.05, 0) is 60.5 Å². The van der Waals surface area contributed by atoms with Gasteiger partial charge in [0.15, 0.2) is 6.61 Å². The lowest BCUT2D eigenvalue weighted by atomic mass is 9.81. The van der Waals surface area contributed by atoms with Crippen LogP contribution in [0, 0.1) is 6.92 Å². The monoisotopic (exact) mass is 468 g/mol. The van der Waals surface area contributed by atoms with E-state index in [1.807, 2.05) is 37.3 Å². The zero-order chi connectivity index (χ0) is 22.7. The first-order valence-corrected chi connectivity index (χ1v) is 10.9. The first-order chi connectivity index (χ1) is 15.4. The summed E-state index contributed by atoms with van der Waals surface area (Å²) in [7, 11) is 0. The molecule has 3 aromatic carbocycles. The zero-order valence-corrected chi connectivity index (χ0v) is 19.0. The molecule has 0 unspecified atom stereocenters. The Morgan fingerprint density at radius 3 is 2.28 bits per heavy atom. The number of halogens is 2. The number of rotatable bonds is 6. The van der Waals surface area contributed by atoms with Crippen molar-refractivity contribution in [3.05, 3.63) is 99.5 Å². The Morgan fingerprint density at radius 1 is 0.969 bits per heavy atom. The van der Waals surface area contributed by atoms with Crippen molar-refractivity contribution in [3.63, 3.8) is 0 Å². The Hall–Kier alpha value is -3.02. The van der Waals surface area contributed by atoms with Crippen LogP contribution >= 0.6 is 23.2 Å². The Labute approximate surface area is 196 Å². The standard InChI is InChI=1S/C25H22Cl2N2O3/c1-17-13-20(27)9-12-22(17)24(31)29-15-25(16-29,18-5-3-2-4-6-18)28-23(30)14-32-21-10-7-19(26)8-11-21/h2-13H,14-16H2,1H3,(H,28,30). The molecule has 32 heavy (non-hydrogen) atoms. The first kappa shape index (κ1) is 22.2. The molecule has 0 radical (unpaired) electrons. The van der Waals surface area contributed by atoms with Crippen LogP contribution in [0.3, 0.4) is 0 Å². The summed E-state index contributed by atoms with van der Waals surface area (Å²) in [5.74, 6) is 0.206. The summed E-state index contributed by atoms with van der Waals surface area (Å²) in [4.78, 5) is 27.5. The molecule has 2 amide bonds. The molecule has 7 heteroatoms. The van der Waals surface area contributed by atoms with Crippen LogP contribution in [0.2, 0.25) is 10.0 Å². The lowest BCUT2D eigenvalue weighted by molar-refractivity contribution is -0.127. The summed E-state index contributed by atoms with van der Waals surface area (Å²) >= 11 is 11.9. The molecule has 0 atom stereocenters. The fraction of sp³-hybridized carbons (Fsp3) is 0.200. The van der Waals surface area contributed by atoms with Crippen LogP contribution in [-0.2, 0) is 10.3 Å². The van der Waals surface area contributed by atoms with Crippen LogP contribution in [0.15, 0.2) is 72.8 Å². The summed E-state index contributed by atoms with van der Waals surface area (Å²) in [6.07, 6.45) is 0. The van der Waals surface area contributed by atoms with Crippen LogP contribution in [0.25, 0.3) is 0 Å². The highest BCUT2D eigenvalue weighted by Crippen LogP contribution is 2.33. The molecule has 1 saturated heterocycles. The lowest BCUT2D eigenvalue weighted by Gasteiger charge is -2.50. The molecule has 1 fully saturated rings. The van der Waals surface area contributed by atoms with Crippen molar-refractivity contribution < 1.29 is 14.3 Å². The molecule has 1 heterocycles. The van der Waals surface area contributed by atoms with Crippen molar-refractivity contribution in [2.24, 2.45) is 0 Å². The van der Waals surface area contributed by atoms with Crippen molar-refractivity contribution in [1.82, 2.24) is 10.2 Å². The number of ether oxygens (including phenoxy) is 1. The van der Waals surface area contributed by atoms with Crippen LogP contribution in [-0.4, -0.2) is 36.4 Å². The van der Waals surface area contributed by atoms with E-state index < -0.39 is 5.54 Å². The van der Waals surface area contributed by atoms with E-state index in [4.69, 9.17) is 27.9 Å². The molecule has 3 aromatic rings. The third-order valence-electron chi connectivity index (χ3n) is 5.52. The molecule has 0 saturated carbocycles. The average Bonchev–Trinajstić information content (AvgIpc) is 2.76. The summed E-state index contributed by atoms with van der Waals surface area (Å²) in [6, 6.07) is 21.7. The van der Waals surface area contributed by atoms with E-state index in [9.17, 15) is 9.59 Å². The van der Waals surface area contributed by atoms with Crippen LogP contribution in [0.1, 0.15) is 21.5 Å². The zero-order valence-electron chi connectivity index (χ0n) is 17.5. The van der Waals surface area contributed by atoms with Gasteiger partial charge in [-0.1, -0.05) is 53.5 Å². The molecule has 4 rings (SSSR count). The minimum atomic E-state index is -0.669. The van der Waals surface area contributed by atoms with Crippen molar-refractivity contribution >= 4 is 35.0 Å². The Morgan fingerprint density at radius 2 is 1.62 bits per heavy atom. The number of amides is 2. The van der Waals surface area contributed by atoms with E-state index >= 15 is 0 Å². The number of benzene rings is 3. The van der Waals surface area contributed by atoms with Gasteiger partial charge >= 0.3 is 0 Å². The molecule has 0 spiro atoms. The van der Waals surface area contributed by atoms with Gasteiger partial charge in [0.05, 0.1) is 13.1 Å². The van der Waals surface area contributed by atoms with E-state index in [-0.39, 0.29) is 18.4 Å². The number of carbonyl (C=O) groups excluding carboxylic acids is 2. The maximum Gasteiger partial charge on any atom is 0.258 e. The minimum Gasteiger partial charge on any atom is -0.484 e. The normalized spacial score (nSPS) is 14.4. The van der Waals surface area contributed by atoms with Crippen LogP contribution in [0.5, 0.6) is 5.75 Å². The average molecular weight is 469 g/mol. The van der Waals surface area contributed by atoms with Crippen molar-refractivity contribution in [2.45, 2.75) is 12.5 Å². The summed E-state index contributed by atoms with van der Waals surface area (Å²) < 4.78 is 5.58. The van der Waals surface area contributed by atoms with Gasteiger partial charge < -0.3 is 15.0 Å². The van der Waals surface area contributed by atoms with Crippen molar-refractivity contribution in [2.75, 3.05) is 19.7 Å². The van der Waals surface area contributed by atoms with Gasteiger partial charge in [0.1, 0.15) is 11.3 Å². The fourth-order valence-electron chi connectivity index (χ4n) is 3.86. The predicted molar refractivity (Wildman–Crippen MR) is 125 cm³/mol. The number of carbonyl (C=O) groups is 2. The minimum absolute atomic E-state index is 0.0858. The number of hydrogen-bond acceptors (Lipinski definition) is 3. The topological polar surface area (TPSA) is 58.6 Å². The SMILES string of the molecule is Cc1cc(Cl)ccc1C(=O)N1CC(NC(=O)COc2ccc(Cl)cc2)(c2ccccc2)C1. The quantitative estimate of drug-likeness (QED) is 0.562. The second kappa shape index (κ2) is 9.23. The molecule has 0 aromatic heterocycles. The molecule has 5 nitrogen and oxygen atoms in total. The van der Waals surface area contributed by atoms with Gasteiger partial charge in [-0.3, -0.25) is 9.59 Å². The molecular formula is C25H22Cl2N2O3. The Kier molecular flexibility index (Phi) is 6.40. The molecule has 1 aliphatic heterocycles. The maximum atomic E-state index is 13.0. The summed E-state index contributed by atoms with van der Waals surface area (Å²) in [5, 5.41) is 4.27. The largest absolute Gasteiger partial charge is 0.484 e. The Bertz CT molecular complexity index is 1130. The predicted octanol–water partition coefficient (Wildman–Crippen LogP) is 4.85. The summed E-state index contributed by atoms with van der Waals surface area (Å²) in [5.41, 5.74) is 1.70. The second-order valence-corrected chi connectivity index (χ2v) is 8.73. The highest BCUT2D eigenvalue weighted by atomic mass is 35.5. The fourth-order valence-corrected chi connectivity index (χ4v) is 4.21. The molecule has 1 N–H and O–H groups in total. The van der Waals surface area contributed by atoms with E-state index in [1.54, 1.807) is 47.4 Å². The Balaban J connectivity index is 1.46. The first-order valence-electron chi connectivity index (χ1n) is 10.2. The van der Waals surface area contributed by atoms with Crippen LogP contribution in [0.4, 0.5) is 0 Å². The van der Waals surface area contributed by atoms with Gasteiger partial charge in [0.2, 0.25) is 0 Å². The number of aryl methyl sites for hydroxylation is 1. The lowest BCUT2D eigenvalue weighted by Crippen LogP contribution is -2.69. The number of likely N-dealkylation sites (tertiary alicyclic amines) is 1. The molecular weight excluding hydrogens is 447 g/mol.